The van der Waals surface area contributed by atoms with Crippen LogP contribution in [0.3, 0.4) is 0 Å². The minimum absolute atomic E-state index is 0.295. The Balaban J connectivity index is 2.73. The molecule has 0 bridgehead atoms. The van der Waals surface area contributed by atoms with E-state index >= 15 is 0 Å². The quantitative estimate of drug-likeness (QED) is 0.799. The fourth-order valence-electron chi connectivity index (χ4n) is 1.46. The van der Waals surface area contributed by atoms with Crippen LogP contribution in [-0.2, 0) is 0 Å². The molecule has 3 heteroatoms. The molecule has 14 heavy (non-hydrogen) atoms. The first-order chi connectivity index (χ1) is 6.53. The monoisotopic (exact) mass is 193 g/mol. The summed E-state index contributed by atoms with van der Waals surface area (Å²) >= 11 is 0. The standard InChI is InChI=1S/C11H19N3/c1-11(2,3)7-9(12-4)10-8-13-5-6-14-10/h5-6,8-9,12H,7H2,1-4H3. The van der Waals surface area contributed by atoms with Crippen LogP contribution in [0.2, 0.25) is 0 Å². The zero-order valence-electron chi connectivity index (χ0n) is 9.41. The zero-order chi connectivity index (χ0) is 10.6. The van der Waals surface area contributed by atoms with Crippen LogP contribution in [0.1, 0.15) is 38.9 Å². The molecule has 1 heterocycles. The highest BCUT2D eigenvalue weighted by Gasteiger charge is 2.19. The van der Waals surface area contributed by atoms with Gasteiger partial charge in [0.1, 0.15) is 0 Å². The molecule has 1 rings (SSSR count). The molecule has 1 unspecified atom stereocenters. The molecule has 0 aliphatic heterocycles. The van der Waals surface area contributed by atoms with Crippen LogP contribution in [0.4, 0.5) is 0 Å². The first kappa shape index (κ1) is 11.1. The Kier molecular flexibility index (Phi) is 3.58. The van der Waals surface area contributed by atoms with Gasteiger partial charge in [-0.2, -0.15) is 0 Å². The molecule has 0 aromatic carbocycles. The molecule has 0 fully saturated rings. The zero-order valence-corrected chi connectivity index (χ0v) is 9.41. The van der Waals surface area contributed by atoms with E-state index in [1.807, 2.05) is 13.2 Å². The molecule has 0 radical (unpaired) electrons. The molecular formula is C11H19N3. The fourth-order valence-corrected chi connectivity index (χ4v) is 1.46. The van der Waals surface area contributed by atoms with E-state index in [1.54, 1.807) is 12.4 Å². The average molecular weight is 193 g/mol. The molecule has 0 aliphatic carbocycles. The smallest absolute Gasteiger partial charge is 0.0756 e. The highest BCUT2D eigenvalue weighted by atomic mass is 14.9. The van der Waals surface area contributed by atoms with Gasteiger partial charge in [-0.05, 0) is 18.9 Å². The summed E-state index contributed by atoms with van der Waals surface area (Å²) in [6.07, 6.45) is 6.32. The van der Waals surface area contributed by atoms with Crippen LogP contribution in [0.5, 0.6) is 0 Å². The van der Waals surface area contributed by atoms with Gasteiger partial charge in [0, 0.05) is 18.6 Å². The molecule has 3 nitrogen and oxygen atoms in total. The van der Waals surface area contributed by atoms with Gasteiger partial charge in [0.25, 0.3) is 0 Å². The predicted molar refractivity (Wildman–Crippen MR) is 57.9 cm³/mol. The third-order valence-electron chi connectivity index (χ3n) is 2.11. The lowest BCUT2D eigenvalue weighted by Gasteiger charge is -2.24. The maximum Gasteiger partial charge on any atom is 0.0756 e. The second-order valence-corrected chi connectivity index (χ2v) is 4.74. The van der Waals surface area contributed by atoms with Gasteiger partial charge in [0.05, 0.1) is 11.7 Å². The van der Waals surface area contributed by atoms with Crippen LogP contribution >= 0.6 is 0 Å². The minimum atomic E-state index is 0.295. The second kappa shape index (κ2) is 4.51. The van der Waals surface area contributed by atoms with E-state index in [9.17, 15) is 0 Å². The van der Waals surface area contributed by atoms with E-state index in [0.29, 0.717) is 11.5 Å². The predicted octanol–water partition coefficient (Wildman–Crippen LogP) is 2.17. The molecular weight excluding hydrogens is 174 g/mol. The Bertz CT molecular complexity index is 264. The topological polar surface area (TPSA) is 37.8 Å². The number of nitrogens with one attached hydrogen (secondary N) is 1. The van der Waals surface area contributed by atoms with E-state index < -0.39 is 0 Å². The summed E-state index contributed by atoms with van der Waals surface area (Å²) in [4.78, 5) is 8.39. The Morgan fingerprint density at radius 1 is 1.36 bits per heavy atom. The van der Waals surface area contributed by atoms with Gasteiger partial charge in [-0.25, -0.2) is 0 Å². The summed E-state index contributed by atoms with van der Waals surface area (Å²) in [6.45, 7) is 6.69. The molecule has 78 valence electrons. The van der Waals surface area contributed by atoms with Crippen molar-refractivity contribution in [3.05, 3.63) is 24.3 Å². The number of nitrogens with zero attached hydrogens (tertiary/aromatic N) is 2. The van der Waals surface area contributed by atoms with E-state index in [2.05, 4.69) is 36.1 Å². The van der Waals surface area contributed by atoms with Crippen molar-refractivity contribution in [3.8, 4) is 0 Å². The van der Waals surface area contributed by atoms with Gasteiger partial charge < -0.3 is 5.32 Å². The Labute approximate surface area is 86.0 Å². The van der Waals surface area contributed by atoms with Crippen molar-refractivity contribution in [2.75, 3.05) is 7.05 Å². The molecule has 0 aliphatic rings. The number of hydrogen-bond donors (Lipinski definition) is 1. The molecule has 0 saturated heterocycles. The summed E-state index contributed by atoms with van der Waals surface area (Å²) in [7, 11) is 1.96. The average Bonchev–Trinajstić information content (AvgIpc) is 2.14. The lowest BCUT2D eigenvalue weighted by Crippen LogP contribution is -2.23. The van der Waals surface area contributed by atoms with Crippen molar-refractivity contribution in [2.45, 2.75) is 33.2 Å². The van der Waals surface area contributed by atoms with Crippen LogP contribution in [0.15, 0.2) is 18.6 Å². The fraction of sp³-hybridized carbons (Fsp3) is 0.636. The summed E-state index contributed by atoms with van der Waals surface area (Å²) in [5.74, 6) is 0. The van der Waals surface area contributed by atoms with E-state index in [1.165, 1.54) is 0 Å². The van der Waals surface area contributed by atoms with Crippen molar-refractivity contribution < 1.29 is 0 Å². The Morgan fingerprint density at radius 2 is 2.07 bits per heavy atom. The number of hydrogen-bond acceptors (Lipinski definition) is 3. The maximum atomic E-state index is 4.31. The maximum absolute atomic E-state index is 4.31. The SMILES string of the molecule is CNC(CC(C)(C)C)c1cnccn1. The van der Waals surface area contributed by atoms with Crippen molar-refractivity contribution in [1.82, 2.24) is 15.3 Å². The Morgan fingerprint density at radius 3 is 2.50 bits per heavy atom. The van der Waals surface area contributed by atoms with Gasteiger partial charge in [0.2, 0.25) is 0 Å². The van der Waals surface area contributed by atoms with Gasteiger partial charge in [-0.15, -0.1) is 0 Å². The lowest BCUT2D eigenvalue weighted by molar-refractivity contribution is 0.317. The highest BCUT2D eigenvalue weighted by molar-refractivity contribution is 5.02. The van der Waals surface area contributed by atoms with E-state index in [-0.39, 0.29) is 0 Å². The molecule has 1 atom stereocenters. The van der Waals surface area contributed by atoms with Gasteiger partial charge >= 0.3 is 0 Å². The Hall–Kier alpha value is -0.960. The largest absolute Gasteiger partial charge is 0.312 e. The summed E-state index contributed by atoms with van der Waals surface area (Å²) in [6, 6.07) is 0.295. The first-order valence-electron chi connectivity index (χ1n) is 4.96. The van der Waals surface area contributed by atoms with Crippen molar-refractivity contribution in [2.24, 2.45) is 5.41 Å². The van der Waals surface area contributed by atoms with E-state index in [4.69, 9.17) is 0 Å². The summed E-state index contributed by atoms with van der Waals surface area (Å²) < 4.78 is 0. The molecule has 1 N–H and O–H groups in total. The van der Waals surface area contributed by atoms with Crippen LogP contribution in [0.25, 0.3) is 0 Å². The molecule has 0 saturated carbocycles. The summed E-state index contributed by atoms with van der Waals surface area (Å²) in [5, 5.41) is 3.27. The molecule has 0 amide bonds. The van der Waals surface area contributed by atoms with Crippen molar-refractivity contribution in [1.29, 1.82) is 0 Å². The second-order valence-electron chi connectivity index (χ2n) is 4.74. The van der Waals surface area contributed by atoms with Gasteiger partial charge in [-0.1, -0.05) is 20.8 Å². The lowest BCUT2D eigenvalue weighted by atomic mass is 9.87. The summed E-state index contributed by atoms with van der Waals surface area (Å²) in [5.41, 5.74) is 1.32. The molecule has 1 aromatic heterocycles. The molecule has 1 aromatic rings. The van der Waals surface area contributed by atoms with Gasteiger partial charge in [0.15, 0.2) is 0 Å². The number of aromatic nitrogens is 2. The van der Waals surface area contributed by atoms with Gasteiger partial charge in [-0.3, -0.25) is 9.97 Å². The van der Waals surface area contributed by atoms with E-state index in [0.717, 1.165) is 12.1 Å². The number of rotatable bonds is 3. The van der Waals surface area contributed by atoms with Crippen molar-refractivity contribution in [3.63, 3.8) is 0 Å². The first-order valence-corrected chi connectivity index (χ1v) is 4.96. The van der Waals surface area contributed by atoms with Crippen molar-refractivity contribution >= 4 is 0 Å². The third kappa shape index (κ3) is 3.42. The third-order valence-corrected chi connectivity index (χ3v) is 2.11. The minimum Gasteiger partial charge on any atom is -0.312 e. The van der Waals surface area contributed by atoms with Crippen LogP contribution in [-0.4, -0.2) is 17.0 Å². The van der Waals surface area contributed by atoms with Crippen LogP contribution in [0, 0.1) is 5.41 Å². The normalized spacial score (nSPS) is 14.0. The van der Waals surface area contributed by atoms with Crippen LogP contribution < -0.4 is 5.32 Å². The molecule has 0 spiro atoms. The highest BCUT2D eigenvalue weighted by Crippen LogP contribution is 2.27.